The minimum absolute atomic E-state index is 0.0492. The summed E-state index contributed by atoms with van der Waals surface area (Å²) in [4.78, 5) is 133. The zero-order valence-electron chi connectivity index (χ0n) is 57.0. The van der Waals surface area contributed by atoms with Gasteiger partial charge in [0.1, 0.15) is 23.6 Å². The number of amides is 4. The molecule has 6 rings (SSSR count). The number of ether oxygens (including phenoxy) is 4. The maximum absolute atomic E-state index is 13.8. The van der Waals surface area contributed by atoms with Crippen molar-refractivity contribution in [2.75, 3.05) is 156 Å². The fourth-order valence-corrected chi connectivity index (χ4v) is 12.8. The Bertz CT molecular complexity index is 3640. The number of aromatic amines is 1. The van der Waals surface area contributed by atoms with Gasteiger partial charge in [0.05, 0.1) is 75.8 Å². The lowest BCUT2D eigenvalue weighted by atomic mass is 10.0. The van der Waals surface area contributed by atoms with Crippen molar-refractivity contribution in [1.82, 2.24) is 65.3 Å². The summed E-state index contributed by atoms with van der Waals surface area (Å²) >= 11 is 0. The SMILES string of the molecule is Cc1cc(OCCCC(=O)NCCCOCCOCCOCCCNC(=O)[C@@H](Cc2ccc(OP(=O)(O)O)cc2)NC(=O)CN2CCN(CC(=O)O)CCN(CC(=O)O)CCN(CC(=O)O)CC2)cc(C)c1S(=O)(=O)N[C@@H](CNC(=O)c1ccc2c(cnn2CCCNc2ncc[nH]2)c1)C(=O)O. The molecule has 38 heteroatoms. The first-order valence-electron chi connectivity index (χ1n) is 33.1. The molecule has 1 saturated heterocycles. The van der Waals surface area contributed by atoms with E-state index in [1.807, 2.05) is 0 Å². The highest BCUT2D eigenvalue weighted by Crippen LogP contribution is 2.37. The monoisotopic (exact) mass is 1470 g/mol. The number of carbonyl (C=O) groups excluding carboxylic acids is 4. The number of aliphatic carboxylic acids is 4. The molecule has 3 aromatic carbocycles. The van der Waals surface area contributed by atoms with Crippen LogP contribution in [0.2, 0.25) is 0 Å². The average Bonchev–Trinajstić information content (AvgIpc) is 0.950. The minimum atomic E-state index is -4.86. The average molecular weight is 1470 g/mol. The van der Waals surface area contributed by atoms with Crippen LogP contribution in [0.25, 0.3) is 10.9 Å². The molecule has 2 aromatic heterocycles. The van der Waals surface area contributed by atoms with Gasteiger partial charge in [-0.2, -0.15) is 9.82 Å². The van der Waals surface area contributed by atoms with Gasteiger partial charge in [-0.25, -0.2) is 18.0 Å². The zero-order valence-corrected chi connectivity index (χ0v) is 58.7. The van der Waals surface area contributed by atoms with Crippen molar-refractivity contribution in [3.8, 4) is 11.5 Å². The summed E-state index contributed by atoms with van der Waals surface area (Å²) in [5.74, 6) is -5.86. The van der Waals surface area contributed by atoms with Gasteiger partial charge >= 0.3 is 31.7 Å². The van der Waals surface area contributed by atoms with Crippen molar-refractivity contribution in [2.24, 2.45) is 0 Å². The summed E-state index contributed by atoms with van der Waals surface area (Å²) in [6.07, 6.45) is 7.12. The van der Waals surface area contributed by atoms with Crippen molar-refractivity contribution in [1.29, 1.82) is 0 Å². The van der Waals surface area contributed by atoms with Crippen molar-refractivity contribution in [2.45, 2.75) is 75.9 Å². The smallest absolute Gasteiger partial charge is 0.494 e. The van der Waals surface area contributed by atoms with Crippen LogP contribution in [0, 0.1) is 13.8 Å². The number of hydrogen-bond donors (Lipinski definition) is 13. The number of imidazole rings is 1. The van der Waals surface area contributed by atoms with Crippen LogP contribution >= 0.6 is 7.82 Å². The number of hydrogen-bond acceptors (Lipinski definition) is 23. The van der Waals surface area contributed by atoms with Crippen LogP contribution < -0.4 is 40.6 Å². The summed E-state index contributed by atoms with van der Waals surface area (Å²) in [7, 11) is -9.27. The number of nitrogens with one attached hydrogen (secondary N) is 7. The van der Waals surface area contributed by atoms with Gasteiger partial charge in [0.25, 0.3) is 5.91 Å². The molecule has 0 aliphatic carbocycles. The molecule has 0 unspecified atom stereocenters. The first-order valence-corrected chi connectivity index (χ1v) is 36.1. The van der Waals surface area contributed by atoms with Gasteiger partial charge < -0.3 is 75.5 Å². The van der Waals surface area contributed by atoms with Crippen LogP contribution in [0.3, 0.4) is 0 Å². The second kappa shape index (κ2) is 42.6. The van der Waals surface area contributed by atoms with Gasteiger partial charge in [0.15, 0.2) is 5.95 Å². The molecule has 0 bridgehead atoms. The molecule has 0 saturated carbocycles. The highest BCUT2D eigenvalue weighted by Gasteiger charge is 2.30. The topological polar surface area (TPSA) is 487 Å². The second-order valence-electron chi connectivity index (χ2n) is 23.9. The Morgan fingerprint density at radius 2 is 1.19 bits per heavy atom. The van der Waals surface area contributed by atoms with Crippen LogP contribution in [-0.4, -0.2) is 289 Å². The molecule has 562 valence electrons. The summed E-state index contributed by atoms with van der Waals surface area (Å²) in [5, 5.41) is 57.9. The quantitative estimate of drug-likeness (QED) is 0.0179. The molecular formula is C64H93N14O22PS. The van der Waals surface area contributed by atoms with E-state index in [0.717, 1.165) is 11.9 Å². The normalized spacial score (nSPS) is 14.5. The lowest BCUT2D eigenvalue weighted by molar-refractivity contribution is -0.140. The van der Waals surface area contributed by atoms with Gasteiger partial charge in [0, 0.05) is 134 Å². The maximum Gasteiger partial charge on any atom is 0.524 e. The first-order chi connectivity index (χ1) is 48.7. The highest BCUT2D eigenvalue weighted by atomic mass is 32.2. The van der Waals surface area contributed by atoms with Gasteiger partial charge in [0.2, 0.25) is 27.7 Å². The Labute approximate surface area is 589 Å². The number of carbonyl (C=O) groups is 8. The van der Waals surface area contributed by atoms with E-state index in [9.17, 15) is 81.6 Å². The molecule has 1 aliphatic heterocycles. The number of benzene rings is 3. The third-order valence-corrected chi connectivity index (χ3v) is 18.0. The number of aryl methyl sites for hydroxylation is 3. The number of rotatable bonds is 45. The van der Waals surface area contributed by atoms with Crippen molar-refractivity contribution in [3.63, 3.8) is 0 Å². The Morgan fingerprint density at radius 1 is 0.627 bits per heavy atom. The molecule has 1 aliphatic rings. The van der Waals surface area contributed by atoms with Gasteiger partial charge in [-0.3, -0.25) is 72.4 Å². The predicted molar refractivity (Wildman–Crippen MR) is 367 cm³/mol. The summed E-state index contributed by atoms with van der Waals surface area (Å²) in [6, 6.07) is 10.7. The fraction of sp³-hybridized carbons (Fsp3) is 0.531. The highest BCUT2D eigenvalue weighted by molar-refractivity contribution is 7.89. The summed E-state index contributed by atoms with van der Waals surface area (Å²) in [6.45, 7) is 6.19. The number of sulfonamides is 1. The molecule has 102 heavy (non-hydrogen) atoms. The van der Waals surface area contributed by atoms with E-state index in [-0.39, 0.29) is 164 Å². The van der Waals surface area contributed by atoms with E-state index in [4.69, 9.17) is 18.9 Å². The number of carboxylic acids is 4. The number of phosphoric acid groups is 1. The van der Waals surface area contributed by atoms with Crippen molar-refractivity contribution < 1.29 is 105 Å². The van der Waals surface area contributed by atoms with E-state index in [0.29, 0.717) is 74.8 Å². The zero-order chi connectivity index (χ0) is 74.0. The fourth-order valence-electron chi connectivity index (χ4n) is 10.8. The lowest BCUT2D eigenvalue weighted by Gasteiger charge is -2.33. The molecule has 4 amide bonds. The standard InChI is InChI=1S/C64H93N14O22PS/c1-45-35-51(36-46(2)60(45)102(94,95)73-53(63(89)90)40-70-61(87)48-10-13-54-49(38-48)39-71-78(54)19-4-14-67-64-68-17-18-69-64)99-30-3-7-55(79)65-15-5-28-96-31-33-98-34-32-97-29-6-16-66-62(88)52(37-47-8-11-50(12-9-47)100-101(91,92)93)72-56(80)41-74-20-22-75(42-57(81)82)24-26-77(44-59(85)86)27-25-76(23-21-74)43-58(83)84/h8-13,17-18,35-36,38-39,52-53,73H,3-7,14-16,19-34,37,40-44H2,1-2H3,(H,65,79)(H,66,88)(H,70,87)(H,72,80)(H,81,82)(H,83,84)(H,85,86)(H,89,90)(H2,67,68,69)(H2,91,92,93)/t52-,53+/m1/s1. The maximum atomic E-state index is 13.8. The van der Waals surface area contributed by atoms with Gasteiger partial charge in [-0.15, -0.1) is 0 Å². The van der Waals surface area contributed by atoms with Crippen LogP contribution in [0.1, 0.15) is 59.2 Å². The number of anilines is 1. The van der Waals surface area contributed by atoms with Crippen LogP contribution in [0.5, 0.6) is 11.5 Å². The second-order valence-corrected chi connectivity index (χ2v) is 26.8. The van der Waals surface area contributed by atoms with E-state index in [1.54, 1.807) is 74.9 Å². The molecule has 1 fully saturated rings. The number of H-pyrrole nitrogens is 1. The number of aromatic nitrogens is 4. The molecule has 5 aromatic rings. The molecule has 2 atom stereocenters. The van der Waals surface area contributed by atoms with Gasteiger partial charge in [-0.1, -0.05) is 12.1 Å². The third kappa shape index (κ3) is 30.9. The lowest BCUT2D eigenvalue weighted by Crippen LogP contribution is -2.53. The molecule has 36 nitrogen and oxygen atoms in total. The summed E-state index contributed by atoms with van der Waals surface area (Å²) in [5.41, 5.74) is 2.10. The largest absolute Gasteiger partial charge is 0.524 e. The third-order valence-electron chi connectivity index (χ3n) is 15.7. The Balaban J connectivity index is 0.828. The molecule has 0 spiro atoms. The predicted octanol–water partition coefficient (Wildman–Crippen LogP) is -0.0643. The van der Waals surface area contributed by atoms with Crippen molar-refractivity contribution >= 4 is 82.2 Å². The number of nitrogens with zero attached hydrogens (tertiary/aromatic N) is 7. The Morgan fingerprint density at radius 3 is 1.73 bits per heavy atom. The van der Waals surface area contributed by atoms with E-state index in [1.165, 1.54) is 36.4 Å². The Kier molecular flexibility index (Phi) is 34.4. The van der Waals surface area contributed by atoms with Crippen LogP contribution in [0.4, 0.5) is 5.95 Å². The first kappa shape index (κ1) is 82.2. The van der Waals surface area contributed by atoms with Crippen LogP contribution in [0.15, 0.2) is 78.1 Å². The minimum Gasteiger partial charge on any atom is -0.494 e. The van der Waals surface area contributed by atoms with E-state index < -0.39 is 78.1 Å². The van der Waals surface area contributed by atoms with Crippen molar-refractivity contribution in [3.05, 3.63) is 95.4 Å². The number of fused-ring (bicyclic) bond motifs is 1. The van der Waals surface area contributed by atoms with E-state index in [2.05, 4.69) is 50.9 Å². The molecular weight excluding hydrogens is 1380 g/mol. The molecule has 13 N–H and O–H groups in total. The number of phosphoric ester groups is 1. The van der Waals surface area contributed by atoms with Gasteiger partial charge in [-0.05, 0) is 98.7 Å². The van der Waals surface area contributed by atoms with E-state index >= 15 is 0 Å². The number of carboxylic acid groups (broad SMARTS) is 4. The van der Waals surface area contributed by atoms with Crippen LogP contribution in [-0.2, 0) is 75.3 Å². The Hall–Kier alpha value is -8.72. The summed E-state index contributed by atoms with van der Waals surface area (Å²) < 4.78 is 70.0. The molecule has 0 radical (unpaired) electrons. The molecule has 3 heterocycles.